The highest BCUT2D eigenvalue weighted by molar-refractivity contribution is 7.99. The highest BCUT2D eigenvalue weighted by atomic mass is 32.2. The number of ether oxygens (including phenoxy) is 1. The van der Waals surface area contributed by atoms with Crippen LogP contribution in [0.25, 0.3) is 0 Å². The van der Waals surface area contributed by atoms with Crippen molar-refractivity contribution in [1.82, 2.24) is 0 Å². The molecule has 3 nitrogen and oxygen atoms in total. The van der Waals surface area contributed by atoms with E-state index >= 15 is 0 Å². The lowest BCUT2D eigenvalue weighted by atomic mass is 10.3. The highest BCUT2D eigenvalue weighted by Crippen LogP contribution is 2.03. The van der Waals surface area contributed by atoms with E-state index in [2.05, 4.69) is 6.92 Å². The molecule has 3 N–H and O–H groups in total. The first-order valence-corrected chi connectivity index (χ1v) is 5.48. The van der Waals surface area contributed by atoms with Crippen LogP contribution in [-0.2, 0) is 4.74 Å². The van der Waals surface area contributed by atoms with E-state index in [1.54, 1.807) is 11.8 Å². The summed E-state index contributed by atoms with van der Waals surface area (Å²) in [4.78, 5) is 0. The van der Waals surface area contributed by atoms with Crippen molar-refractivity contribution in [2.24, 2.45) is 5.73 Å². The normalized spacial score (nSPS) is 13.2. The van der Waals surface area contributed by atoms with Crippen LogP contribution in [0.3, 0.4) is 0 Å². The van der Waals surface area contributed by atoms with Crippen molar-refractivity contribution < 1.29 is 9.84 Å². The maximum Gasteiger partial charge on any atom is 0.0698 e. The van der Waals surface area contributed by atoms with Gasteiger partial charge >= 0.3 is 0 Å². The SMILES string of the molecule is CCC(N)CSCCOCCO. The molecule has 0 aliphatic heterocycles. The molecule has 0 spiro atoms. The van der Waals surface area contributed by atoms with Crippen molar-refractivity contribution >= 4 is 11.8 Å². The molecule has 0 rings (SSSR count). The molecule has 1 atom stereocenters. The predicted molar refractivity (Wildman–Crippen MR) is 53.5 cm³/mol. The molecule has 12 heavy (non-hydrogen) atoms. The summed E-state index contributed by atoms with van der Waals surface area (Å²) < 4.78 is 5.09. The van der Waals surface area contributed by atoms with Crippen molar-refractivity contribution in [3.8, 4) is 0 Å². The van der Waals surface area contributed by atoms with Gasteiger partial charge in [-0.3, -0.25) is 0 Å². The molecule has 4 heteroatoms. The van der Waals surface area contributed by atoms with Crippen molar-refractivity contribution in [3.63, 3.8) is 0 Å². The Bertz CT molecular complexity index is 93.1. The lowest BCUT2D eigenvalue weighted by Gasteiger charge is -2.07. The Morgan fingerprint density at radius 1 is 1.50 bits per heavy atom. The molecule has 0 aromatic rings. The van der Waals surface area contributed by atoms with Gasteiger partial charge in [0.2, 0.25) is 0 Å². The van der Waals surface area contributed by atoms with Crippen molar-refractivity contribution in [2.45, 2.75) is 19.4 Å². The van der Waals surface area contributed by atoms with Crippen molar-refractivity contribution in [3.05, 3.63) is 0 Å². The Labute approximate surface area is 78.7 Å². The minimum atomic E-state index is 0.110. The first-order chi connectivity index (χ1) is 5.81. The predicted octanol–water partition coefficient (Wildman–Crippen LogP) is 0.466. The van der Waals surface area contributed by atoms with E-state index in [0.29, 0.717) is 19.3 Å². The molecule has 0 fully saturated rings. The third-order valence-corrected chi connectivity index (χ3v) is 2.58. The summed E-state index contributed by atoms with van der Waals surface area (Å²) in [6, 6.07) is 0.313. The Morgan fingerprint density at radius 2 is 2.25 bits per heavy atom. The Balaban J connectivity index is 2.90. The first kappa shape index (κ1) is 12.2. The van der Waals surface area contributed by atoms with E-state index in [-0.39, 0.29) is 6.61 Å². The third-order valence-electron chi connectivity index (χ3n) is 1.46. The highest BCUT2D eigenvalue weighted by Gasteiger charge is 1.97. The fourth-order valence-electron chi connectivity index (χ4n) is 0.637. The number of aliphatic hydroxyl groups excluding tert-OH is 1. The Hall–Kier alpha value is 0.230. The summed E-state index contributed by atoms with van der Waals surface area (Å²) in [5, 5.41) is 8.40. The topological polar surface area (TPSA) is 55.5 Å². The van der Waals surface area contributed by atoms with Crippen molar-refractivity contribution in [1.29, 1.82) is 0 Å². The molecular formula is C8H19NO2S. The first-order valence-electron chi connectivity index (χ1n) is 4.33. The second-order valence-electron chi connectivity index (χ2n) is 2.58. The quantitative estimate of drug-likeness (QED) is 0.550. The number of rotatable bonds is 8. The molecule has 0 bridgehead atoms. The summed E-state index contributed by atoms with van der Waals surface area (Å²) in [7, 11) is 0. The zero-order valence-electron chi connectivity index (χ0n) is 7.66. The van der Waals surface area contributed by atoms with Gasteiger partial charge in [-0.1, -0.05) is 6.92 Å². The maximum atomic E-state index is 8.40. The minimum Gasteiger partial charge on any atom is -0.394 e. The molecule has 0 aliphatic rings. The van der Waals surface area contributed by atoms with Gasteiger partial charge in [-0.25, -0.2) is 0 Å². The van der Waals surface area contributed by atoms with Gasteiger partial charge in [0.1, 0.15) is 0 Å². The van der Waals surface area contributed by atoms with E-state index in [1.165, 1.54) is 0 Å². The summed E-state index contributed by atoms with van der Waals surface area (Å²) in [5.41, 5.74) is 5.71. The van der Waals surface area contributed by atoms with E-state index in [0.717, 1.165) is 17.9 Å². The van der Waals surface area contributed by atoms with E-state index in [1.807, 2.05) is 0 Å². The van der Waals surface area contributed by atoms with Gasteiger partial charge in [0, 0.05) is 17.5 Å². The standard InChI is InChI=1S/C8H19NO2S/c1-2-8(9)7-12-6-5-11-4-3-10/h8,10H,2-7,9H2,1H3. The van der Waals surface area contributed by atoms with E-state index in [9.17, 15) is 0 Å². The molecule has 0 saturated carbocycles. The largest absolute Gasteiger partial charge is 0.394 e. The molecule has 0 aliphatic carbocycles. The minimum absolute atomic E-state index is 0.110. The van der Waals surface area contributed by atoms with Gasteiger partial charge in [0.15, 0.2) is 0 Å². The number of hydrogen-bond donors (Lipinski definition) is 2. The summed E-state index contributed by atoms with van der Waals surface area (Å²) >= 11 is 1.80. The van der Waals surface area contributed by atoms with Crippen LogP contribution in [0.15, 0.2) is 0 Å². The Morgan fingerprint density at radius 3 is 2.83 bits per heavy atom. The van der Waals surface area contributed by atoms with Crippen LogP contribution >= 0.6 is 11.8 Å². The summed E-state index contributed by atoms with van der Waals surface area (Å²) in [6.45, 7) is 3.36. The van der Waals surface area contributed by atoms with Gasteiger partial charge in [0.05, 0.1) is 19.8 Å². The van der Waals surface area contributed by atoms with Crippen LogP contribution in [0.1, 0.15) is 13.3 Å². The van der Waals surface area contributed by atoms with E-state index < -0.39 is 0 Å². The molecule has 0 aromatic carbocycles. The lowest BCUT2D eigenvalue weighted by molar-refractivity contribution is 0.103. The second kappa shape index (κ2) is 9.32. The lowest BCUT2D eigenvalue weighted by Crippen LogP contribution is -2.21. The van der Waals surface area contributed by atoms with Gasteiger partial charge in [-0.2, -0.15) is 11.8 Å². The number of aliphatic hydroxyl groups is 1. The molecular weight excluding hydrogens is 174 g/mol. The summed E-state index contributed by atoms with van der Waals surface area (Å²) in [5.74, 6) is 1.96. The average Bonchev–Trinajstić information content (AvgIpc) is 2.10. The van der Waals surface area contributed by atoms with Gasteiger partial charge in [-0.15, -0.1) is 0 Å². The molecule has 0 radical (unpaired) electrons. The molecule has 0 saturated heterocycles. The molecule has 0 amide bonds. The third kappa shape index (κ3) is 8.33. The zero-order valence-corrected chi connectivity index (χ0v) is 8.48. The van der Waals surface area contributed by atoms with Crippen LogP contribution in [0.2, 0.25) is 0 Å². The fraction of sp³-hybridized carbons (Fsp3) is 1.00. The number of nitrogens with two attached hydrogens (primary N) is 1. The Kier molecular flexibility index (Phi) is 9.50. The zero-order chi connectivity index (χ0) is 9.23. The van der Waals surface area contributed by atoms with Gasteiger partial charge in [-0.05, 0) is 6.42 Å². The number of hydrogen-bond acceptors (Lipinski definition) is 4. The van der Waals surface area contributed by atoms with Crippen LogP contribution < -0.4 is 5.73 Å². The fourth-order valence-corrected chi connectivity index (χ4v) is 1.58. The van der Waals surface area contributed by atoms with Crippen molar-refractivity contribution in [2.75, 3.05) is 31.3 Å². The molecule has 1 unspecified atom stereocenters. The van der Waals surface area contributed by atoms with Gasteiger partial charge < -0.3 is 15.6 Å². The second-order valence-corrected chi connectivity index (χ2v) is 3.73. The molecule has 74 valence electrons. The van der Waals surface area contributed by atoms with E-state index in [4.69, 9.17) is 15.6 Å². The monoisotopic (exact) mass is 193 g/mol. The van der Waals surface area contributed by atoms with Crippen LogP contribution in [0.4, 0.5) is 0 Å². The average molecular weight is 193 g/mol. The maximum absolute atomic E-state index is 8.40. The molecule has 0 aromatic heterocycles. The summed E-state index contributed by atoms with van der Waals surface area (Å²) in [6.07, 6.45) is 1.03. The molecule has 0 heterocycles. The number of thioether (sulfide) groups is 1. The van der Waals surface area contributed by atoms with Crippen LogP contribution in [0.5, 0.6) is 0 Å². The van der Waals surface area contributed by atoms with Crippen LogP contribution in [-0.4, -0.2) is 42.5 Å². The smallest absolute Gasteiger partial charge is 0.0698 e. The van der Waals surface area contributed by atoms with Crippen LogP contribution in [0, 0.1) is 0 Å². The van der Waals surface area contributed by atoms with Gasteiger partial charge in [0.25, 0.3) is 0 Å².